The number of carbonyl (C=O) groups is 1. The predicted molar refractivity (Wildman–Crippen MR) is 84.5 cm³/mol. The summed E-state index contributed by atoms with van der Waals surface area (Å²) in [7, 11) is 0. The highest BCUT2D eigenvalue weighted by atomic mass is 16.1. The van der Waals surface area contributed by atoms with Crippen LogP contribution in [0.2, 0.25) is 0 Å². The van der Waals surface area contributed by atoms with E-state index in [1.165, 1.54) is 11.1 Å². The average Bonchev–Trinajstić information content (AvgIpc) is 2.39. The van der Waals surface area contributed by atoms with Gasteiger partial charge in [-0.05, 0) is 23.5 Å². The Kier molecular flexibility index (Phi) is 7.31. The minimum Gasteiger partial charge on any atom is -0.355 e. The van der Waals surface area contributed by atoms with Gasteiger partial charge < -0.3 is 10.6 Å². The van der Waals surface area contributed by atoms with E-state index in [0.29, 0.717) is 12.5 Å². The van der Waals surface area contributed by atoms with E-state index in [2.05, 4.69) is 48.7 Å². The summed E-state index contributed by atoms with van der Waals surface area (Å²) in [6.07, 6.45) is 1.13. The van der Waals surface area contributed by atoms with Gasteiger partial charge in [-0.15, -0.1) is 0 Å². The van der Waals surface area contributed by atoms with Gasteiger partial charge >= 0.3 is 0 Å². The van der Waals surface area contributed by atoms with Crippen molar-refractivity contribution in [2.45, 2.75) is 40.7 Å². The van der Waals surface area contributed by atoms with Gasteiger partial charge in [0.2, 0.25) is 5.91 Å². The Labute approximate surface area is 123 Å². The zero-order valence-electron chi connectivity index (χ0n) is 13.2. The SMILES string of the molecule is CC(C)Cc1ccc(CNCCNC(=O)C(C)C)cc1. The molecule has 1 rings (SSSR count). The van der Waals surface area contributed by atoms with Gasteiger partial charge in [-0.3, -0.25) is 4.79 Å². The highest BCUT2D eigenvalue weighted by molar-refractivity contribution is 5.77. The third-order valence-corrected chi connectivity index (χ3v) is 3.12. The lowest BCUT2D eigenvalue weighted by molar-refractivity contribution is -0.123. The zero-order valence-corrected chi connectivity index (χ0v) is 13.2. The van der Waals surface area contributed by atoms with Crippen LogP contribution in [0.1, 0.15) is 38.8 Å². The van der Waals surface area contributed by atoms with Gasteiger partial charge in [0.15, 0.2) is 0 Å². The molecule has 0 spiro atoms. The largest absolute Gasteiger partial charge is 0.355 e. The van der Waals surface area contributed by atoms with E-state index in [0.717, 1.165) is 19.5 Å². The molecule has 0 fully saturated rings. The van der Waals surface area contributed by atoms with Gasteiger partial charge in [-0.2, -0.15) is 0 Å². The van der Waals surface area contributed by atoms with E-state index in [4.69, 9.17) is 0 Å². The number of hydrogen-bond acceptors (Lipinski definition) is 2. The number of carbonyl (C=O) groups excluding carboxylic acids is 1. The lowest BCUT2D eigenvalue weighted by atomic mass is 10.0. The van der Waals surface area contributed by atoms with Crippen LogP contribution in [0.4, 0.5) is 0 Å². The lowest BCUT2D eigenvalue weighted by Gasteiger charge is -2.09. The Morgan fingerprint density at radius 2 is 1.60 bits per heavy atom. The minimum atomic E-state index is 0.0588. The van der Waals surface area contributed by atoms with Gasteiger partial charge in [0, 0.05) is 25.6 Å². The number of benzene rings is 1. The topological polar surface area (TPSA) is 41.1 Å². The van der Waals surface area contributed by atoms with Crippen LogP contribution in [0.15, 0.2) is 24.3 Å². The molecule has 3 heteroatoms. The maximum atomic E-state index is 11.4. The molecule has 0 aromatic heterocycles. The molecule has 2 N–H and O–H groups in total. The van der Waals surface area contributed by atoms with Crippen LogP contribution in [0.3, 0.4) is 0 Å². The van der Waals surface area contributed by atoms with Gasteiger partial charge in [0.05, 0.1) is 0 Å². The first-order valence-electron chi connectivity index (χ1n) is 7.55. The van der Waals surface area contributed by atoms with Crippen LogP contribution in [0.5, 0.6) is 0 Å². The van der Waals surface area contributed by atoms with Crippen molar-refractivity contribution in [1.82, 2.24) is 10.6 Å². The molecule has 0 radical (unpaired) electrons. The monoisotopic (exact) mass is 276 g/mol. The average molecular weight is 276 g/mol. The quantitative estimate of drug-likeness (QED) is 0.717. The van der Waals surface area contributed by atoms with Crippen molar-refractivity contribution in [3.8, 4) is 0 Å². The highest BCUT2D eigenvalue weighted by Gasteiger charge is 2.04. The molecule has 0 saturated carbocycles. The van der Waals surface area contributed by atoms with Gasteiger partial charge in [-0.1, -0.05) is 52.0 Å². The molecule has 0 bridgehead atoms. The molecule has 1 aromatic rings. The van der Waals surface area contributed by atoms with Crippen molar-refractivity contribution in [1.29, 1.82) is 0 Å². The fourth-order valence-electron chi connectivity index (χ4n) is 1.98. The molecule has 0 atom stereocenters. The first-order valence-corrected chi connectivity index (χ1v) is 7.55. The Morgan fingerprint density at radius 1 is 1.00 bits per heavy atom. The van der Waals surface area contributed by atoms with Gasteiger partial charge in [0.1, 0.15) is 0 Å². The standard InChI is InChI=1S/C17H28N2O/c1-13(2)11-15-5-7-16(8-6-15)12-18-9-10-19-17(20)14(3)4/h5-8,13-14,18H,9-12H2,1-4H3,(H,19,20). The van der Waals surface area contributed by atoms with Crippen molar-refractivity contribution in [2.24, 2.45) is 11.8 Å². The third kappa shape index (κ3) is 6.71. The molecule has 20 heavy (non-hydrogen) atoms. The van der Waals surface area contributed by atoms with E-state index >= 15 is 0 Å². The van der Waals surface area contributed by atoms with Crippen LogP contribution in [-0.4, -0.2) is 19.0 Å². The van der Waals surface area contributed by atoms with E-state index < -0.39 is 0 Å². The lowest BCUT2D eigenvalue weighted by Crippen LogP contribution is -2.34. The van der Waals surface area contributed by atoms with Crippen molar-refractivity contribution in [3.63, 3.8) is 0 Å². The first kappa shape index (κ1) is 16.7. The van der Waals surface area contributed by atoms with Crippen molar-refractivity contribution < 1.29 is 4.79 Å². The van der Waals surface area contributed by atoms with Crippen LogP contribution in [-0.2, 0) is 17.8 Å². The molecular formula is C17H28N2O. The van der Waals surface area contributed by atoms with E-state index in [9.17, 15) is 4.79 Å². The molecule has 0 aliphatic heterocycles. The van der Waals surface area contributed by atoms with E-state index in [1.54, 1.807) is 0 Å². The Bertz CT molecular complexity index is 396. The zero-order chi connectivity index (χ0) is 15.0. The second-order valence-corrected chi connectivity index (χ2v) is 6.04. The van der Waals surface area contributed by atoms with E-state index in [1.807, 2.05) is 13.8 Å². The molecule has 0 aliphatic carbocycles. The molecule has 0 unspecified atom stereocenters. The van der Waals surface area contributed by atoms with Crippen LogP contribution in [0, 0.1) is 11.8 Å². The molecule has 0 heterocycles. The second kappa shape index (κ2) is 8.75. The number of amides is 1. The minimum absolute atomic E-state index is 0.0588. The number of nitrogens with one attached hydrogen (secondary N) is 2. The molecule has 1 aromatic carbocycles. The molecular weight excluding hydrogens is 248 g/mol. The molecule has 3 nitrogen and oxygen atoms in total. The fraction of sp³-hybridized carbons (Fsp3) is 0.588. The first-order chi connectivity index (χ1) is 9.49. The van der Waals surface area contributed by atoms with Crippen molar-refractivity contribution in [3.05, 3.63) is 35.4 Å². The van der Waals surface area contributed by atoms with Crippen molar-refractivity contribution in [2.75, 3.05) is 13.1 Å². The van der Waals surface area contributed by atoms with Crippen LogP contribution < -0.4 is 10.6 Å². The maximum Gasteiger partial charge on any atom is 0.222 e. The van der Waals surface area contributed by atoms with Gasteiger partial charge in [0.25, 0.3) is 0 Å². The Balaban J connectivity index is 2.20. The number of hydrogen-bond donors (Lipinski definition) is 2. The Morgan fingerprint density at radius 3 is 2.15 bits per heavy atom. The van der Waals surface area contributed by atoms with Gasteiger partial charge in [-0.25, -0.2) is 0 Å². The summed E-state index contributed by atoms with van der Waals surface area (Å²) in [5.41, 5.74) is 2.68. The summed E-state index contributed by atoms with van der Waals surface area (Å²) in [4.78, 5) is 11.4. The summed E-state index contributed by atoms with van der Waals surface area (Å²) < 4.78 is 0. The highest BCUT2D eigenvalue weighted by Crippen LogP contribution is 2.09. The molecule has 1 amide bonds. The molecule has 0 aliphatic rings. The van der Waals surface area contributed by atoms with Crippen LogP contribution >= 0.6 is 0 Å². The fourth-order valence-corrected chi connectivity index (χ4v) is 1.98. The smallest absolute Gasteiger partial charge is 0.222 e. The summed E-state index contributed by atoms with van der Waals surface area (Å²) in [6.45, 7) is 10.6. The molecule has 112 valence electrons. The maximum absolute atomic E-state index is 11.4. The summed E-state index contributed by atoms with van der Waals surface area (Å²) in [6, 6.07) is 8.77. The summed E-state index contributed by atoms with van der Waals surface area (Å²) in [5, 5.41) is 6.24. The molecule has 0 saturated heterocycles. The van der Waals surface area contributed by atoms with E-state index in [-0.39, 0.29) is 11.8 Å². The second-order valence-electron chi connectivity index (χ2n) is 6.04. The predicted octanol–water partition coefficient (Wildman–Crippen LogP) is 2.75. The summed E-state index contributed by atoms with van der Waals surface area (Å²) in [5.74, 6) is 0.872. The third-order valence-electron chi connectivity index (χ3n) is 3.12. The Hall–Kier alpha value is -1.35. The van der Waals surface area contributed by atoms with Crippen molar-refractivity contribution >= 4 is 5.91 Å². The number of rotatable bonds is 8. The normalized spacial score (nSPS) is 11.1. The summed E-state index contributed by atoms with van der Waals surface area (Å²) >= 11 is 0. The van der Waals surface area contributed by atoms with Crippen LogP contribution in [0.25, 0.3) is 0 Å².